The molecule has 30 heavy (non-hydrogen) atoms. The van der Waals surface area contributed by atoms with Gasteiger partial charge in [-0.1, -0.05) is 13.0 Å². The van der Waals surface area contributed by atoms with E-state index in [1.165, 1.54) is 12.1 Å². The predicted molar refractivity (Wildman–Crippen MR) is 111 cm³/mol. The topological polar surface area (TPSA) is 73.6 Å². The highest BCUT2D eigenvalue weighted by Gasteiger charge is 2.10. The lowest BCUT2D eigenvalue weighted by Gasteiger charge is -2.12. The molecule has 0 aliphatic rings. The Morgan fingerprint density at radius 1 is 1.17 bits per heavy atom. The van der Waals surface area contributed by atoms with Crippen LogP contribution in [0.1, 0.15) is 31.2 Å². The molecule has 0 aliphatic heterocycles. The van der Waals surface area contributed by atoms with Gasteiger partial charge in [-0.3, -0.25) is 4.79 Å². The molecule has 0 fully saturated rings. The Bertz CT molecular complexity index is 970. The maximum Gasteiger partial charge on any atom is 0.220 e. The molecular formula is C23H25FN2O4. The third kappa shape index (κ3) is 5.83. The lowest BCUT2D eigenvalue weighted by molar-refractivity contribution is -0.121. The highest BCUT2D eigenvalue weighted by Crippen LogP contribution is 2.28. The summed E-state index contributed by atoms with van der Waals surface area (Å²) in [4.78, 5) is 16.4. The van der Waals surface area contributed by atoms with E-state index in [4.69, 9.17) is 13.9 Å². The van der Waals surface area contributed by atoms with Crippen LogP contribution in [0, 0.1) is 5.82 Å². The zero-order valence-electron chi connectivity index (χ0n) is 17.1. The molecule has 2 aromatic carbocycles. The van der Waals surface area contributed by atoms with E-state index in [1.807, 2.05) is 25.1 Å². The minimum atomic E-state index is -0.309. The van der Waals surface area contributed by atoms with Crippen LogP contribution >= 0.6 is 0 Å². The number of halogens is 1. The van der Waals surface area contributed by atoms with Gasteiger partial charge in [0.05, 0.1) is 19.9 Å². The van der Waals surface area contributed by atoms with Crippen molar-refractivity contribution in [1.29, 1.82) is 0 Å². The summed E-state index contributed by atoms with van der Waals surface area (Å²) in [6.07, 6.45) is 3.12. The molecule has 7 heteroatoms. The molecule has 1 N–H and O–H groups in total. The fourth-order valence-electron chi connectivity index (χ4n) is 2.84. The minimum Gasteiger partial charge on any atom is -0.493 e. The number of amides is 1. The van der Waals surface area contributed by atoms with Gasteiger partial charge >= 0.3 is 0 Å². The maximum atomic E-state index is 13.0. The summed E-state index contributed by atoms with van der Waals surface area (Å²) in [7, 11) is 1.59. The van der Waals surface area contributed by atoms with Gasteiger partial charge in [0.2, 0.25) is 5.91 Å². The Balaban J connectivity index is 1.49. The van der Waals surface area contributed by atoms with Crippen molar-refractivity contribution in [3.05, 3.63) is 65.9 Å². The number of aryl methyl sites for hydroxylation is 1. The van der Waals surface area contributed by atoms with Crippen LogP contribution in [-0.2, 0) is 17.8 Å². The Morgan fingerprint density at radius 2 is 1.97 bits per heavy atom. The average Bonchev–Trinajstić information content (AvgIpc) is 3.24. The third-order valence-electron chi connectivity index (χ3n) is 4.43. The standard InChI is InChI=1S/C23H25FN2O4/c1-3-12-29-19-9-4-16(13-20(19)28-2)14-25-22(27)10-11-23-26-15-21(30-23)17-5-7-18(24)8-6-17/h4-9,13,15H,3,10-12,14H2,1-2H3,(H,25,27). The number of hydrogen-bond acceptors (Lipinski definition) is 5. The summed E-state index contributed by atoms with van der Waals surface area (Å²) >= 11 is 0. The number of hydrogen-bond donors (Lipinski definition) is 1. The Hall–Kier alpha value is -3.35. The van der Waals surface area contributed by atoms with Crippen LogP contribution in [0.15, 0.2) is 53.1 Å². The summed E-state index contributed by atoms with van der Waals surface area (Å²) in [5.41, 5.74) is 1.65. The van der Waals surface area contributed by atoms with E-state index in [1.54, 1.807) is 25.4 Å². The summed E-state index contributed by atoms with van der Waals surface area (Å²) in [5, 5.41) is 2.88. The number of nitrogens with zero attached hydrogens (tertiary/aromatic N) is 1. The van der Waals surface area contributed by atoms with Crippen LogP contribution in [0.25, 0.3) is 11.3 Å². The fourth-order valence-corrected chi connectivity index (χ4v) is 2.84. The normalized spacial score (nSPS) is 10.6. The molecule has 0 radical (unpaired) electrons. The van der Waals surface area contributed by atoms with Crippen LogP contribution < -0.4 is 14.8 Å². The first-order chi connectivity index (χ1) is 14.6. The van der Waals surface area contributed by atoms with Crippen LogP contribution in [0.4, 0.5) is 4.39 Å². The summed E-state index contributed by atoms with van der Waals surface area (Å²) < 4.78 is 29.7. The molecule has 1 amide bonds. The van der Waals surface area contributed by atoms with Crippen molar-refractivity contribution in [3.63, 3.8) is 0 Å². The van der Waals surface area contributed by atoms with Gasteiger partial charge in [-0.2, -0.15) is 0 Å². The first-order valence-electron chi connectivity index (χ1n) is 9.86. The number of aromatic nitrogens is 1. The second-order valence-corrected chi connectivity index (χ2v) is 6.74. The molecule has 158 valence electrons. The molecule has 1 aromatic heterocycles. The van der Waals surface area contributed by atoms with E-state index < -0.39 is 0 Å². The Labute approximate surface area is 175 Å². The van der Waals surface area contributed by atoms with E-state index in [2.05, 4.69) is 10.3 Å². The Kier molecular flexibility index (Phi) is 7.43. The number of rotatable bonds is 10. The van der Waals surface area contributed by atoms with Crippen molar-refractivity contribution in [1.82, 2.24) is 10.3 Å². The number of methoxy groups -OCH3 is 1. The molecule has 3 aromatic rings. The van der Waals surface area contributed by atoms with Gasteiger partial charge in [-0.15, -0.1) is 0 Å². The molecule has 0 spiro atoms. The molecule has 0 bridgehead atoms. The second kappa shape index (κ2) is 10.4. The van der Waals surface area contributed by atoms with E-state index in [-0.39, 0.29) is 18.1 Å². The zero-order valence-corrected chi connectivity index (χ0v) is 17.1. The molecule has 0 saturated carbocycles. The van der Waals surface area contributed by atoms with Crippen molar-refractivity contribution < 1.29 is 23.1 Å². The van der Waals surface area contributed by atoms with Crippen LogP contribution in [0.2, 0.25) is 0 Å². The lowest BCUT2D eigenvalue weighted by atomic mass is 10.2. The van der Waals surface area contributed by atoms with Gasteiger partial charge in [0.1, 0.15) is 5.82 Å². The molecule has 0 saturated heterocycles. The molecule has 3 rings (SSSR count). The van der Waals surface area contributed by atoms with Crippen LogP contribution in [0.5, 0.6) is 11.5 Å². The summed E-state index contributed by atoms with van der Waals surface area (Å²) in [6, 6.07) is 11.6. The lowest BCUT2D eigenvalue weighted by Crippen LogP contribution is -2.23. The predicted octanol–water partition coefficient (Wildman–Crippen LogP) is 4.53. The van der Waals surface area contributed by atoms with E-state index in [0.29, 0.717) is 42.7 Å². The first-order valence-corrected chi connectivity index (χ1v) is 9.86. The van der Waals surface area contributed by atoms with Crippen molar-refractivity contribution in [2.24, 2.45) is 0 Å². The van der Waals surface area contributed by atoms with Gasteiger partial charge in [0.15, 0.2) is 23.1 Å². The van der Waals surface area contributed by atoms with Crippen molar-refractivity contribution in [3.8, 4) is 22.8 Å². The third-order valence-corrected chi connectivity index (χ3v) is 4.43. The highest BCUT2D eigenvalue weighted by atomic mass is 19.1. The van der Waals surface area contributed by atoms with Gasteiger partial charge in [-0.25, -0.2) is 9.37 Å². The monoisotopic (exact) mass is 412 g/mol. The van der Waals surface area contributed by atoms with Gasteiger partial charge in [0.25, 0.3) is 0 Å². The van der Waals surface area contributed by atoms with Crippen molar-refractivity contribution in [2.45, 2.75) is 32.7 Å². The van der Waals surface area contributed by atoms with Gasteiger partial charge < -0.3 is 19.2 Å². The van der Waals surface area contributed by atoms with Crippen molar-refractivity contribution in [2.75, 3.05) is 13.7 Å². The average molecular weight is 412 g/mol. The summed E-state index contributed by atoms with van der Waals surface area (Å²) in [5.74, 6) is 1.92. The minimum absolute atomic E-state index is 0.109. The molecule has 0 unspecified atom stereocenters. The smallest absolute Gasteiger partial charge is 0.220 e. The zero-order chi connectivity index (χ0) is 21.3. The first kappa shape index (κ1) is 21.4. The van der Waals surface area contributed by atoms with Gasteiger partial charge in [0, 0.05) is 24.9 Å². The SMILES string of the molecule is CCCOc1ccc(CNC(=O)CCc2ncc(-c3ccc(F)cc3)o2)cc1OC. The summed E-state index contributed by atoms with van der Waals surface area (Å²) in [6.45, 7) is 3.05. The molecule has 6 nitrogen and oxygen atoms in total. The van der Waals surface area contributed by atoms with Crippen molar-refractivity contribution >= 4 is 5.91 Å². The number of oxazole rings is 1. The highest BCUT2D eigenvalue weighted by molar-refractivity contribution is 5.76. The number of benzene rings is 2. The largest absolute Gasteiger partial charge is 0.493 e. The number of carbonyl (C=O) groups is 1. The van der Waals surface area contributed by atoms with E-state index >= 15 is 0 Å². The van der Waals surface area contributed by atoms with Gasteiger partial charge in [-0.05, 0) is 48.4 Å². The molecule has 1 heterocycles. The van der Waals surface area contributed by atoms with Crippen LogP contribution in [-0.4, -0.2) is 24.6 Å². The number of carbonyl (C=O) groups excluding carboxylic acids is 1. The molecule has 0 aliphatic carbocycles. The fraction of sp³-hybridized carbons (Fsp3) is 0.304. The molecular weight excluding hydrogens is 387 g/mol. The maximum absolute atomic E-state index is 13.0. The van der Waals surface area contributed by atoms with Crippen LogP contribution in [0.3, 0.4) is 0 Å². The Morgan fingerprint density at radius 3 is 2.70 bits per heavy atom. The van der Waals surface area contributed by atoms with E-state index in [0.717, 1.165) is 17.5 Å². The quantitative estimate of drug-likeness (QED) is 0.530. The molecule has 0 atom stereocenters. The number of nitrogens with one attached hydrogen (secondary N) is 1. The van der Waals surface area contributed by atoms with E-state index in [9.17, 15) is 9.18 Å². The number of ether oxygens (including phenoxy) is 2. The second-order valence-electron chi connectivity index (χ2n) is 6.74.